The predicted octanol–water partition coefficient (Wildman–Crippen LogP) is 0.871. The highest BCUT2D eigenvalue weighted by Gasteiger charge is 2.38. The second kappa shape index (κ2) is 24.1. The van der Waals surface area contributed by atoms with Gasteiger partial charge in [0.1, 0.15) is 59.7 Å². The molecule has 2 heterocycles. The number of rotatable bonds is 19. The normalized spacial score (nSPS) is 17.1. The molecule has 5 rings (SSSR count). The number of ether oxygens (including phenoxy) is 2. The Morgan fingerprint density at radius 2 is 1.66 bits per heavy atom. The SMILES string of the molecule is C[C@@H]1NC(=O)[C@@H](N(C)C(=O)[C@H](CCNS(N)(=O)=O)NC(=O)c2c(N)nc(-c3ccc(C(C)(C)C)cc3)nc2C(F)F)c2cc(OC[C@H](O)CN)c(O)c(c2)-c2cc(ccc2OCCCN)C[C@@H](C(=O)O)NC1=O. The predicted molar refractivity (Wildman–Crippen MR) is 262 cm³/mol. The number of phenols is 1. The van der Waals surface area contributed by atoms with E-state index in [9.17, 15) is 56.5 Å². The van der Waals surface area contributed by atoms with Gasteiger partial charge in [-0.2, -0.15) is 8.42 Å². The standard InChI is InChI=1S/C47H61F2N11O12S/c1-23-42(63)57-32(46(67)68)18-24-7-12-33(71-16-6-14-50)29(17-24)30-19-26(20-34(38(30)62)72-22-28(61)21-51)37(44(65)55-23)60(5)45(66)31(13-15-54-73(53,69)70)56-43(64)35-36(39(48)49)58-41(59-40(35)52)25-8-10-27(11-9-25)47(2,3)4/h7-12,17,19-20,23,28,31-32,37,39,54,61-62H,6,13-16,18,21-22,50-51H2,1-5H3,(H,55,65)(H,56,64)(H,57,63)(H,67,68)(H2,52,58,59)(H2,53,69,70)/t23-,28+,31-,32-,37-/m0/s1. The number of anilines is 1. The maximum absolute atomic E-state index is 14.9. The van der Waals surface area contributed by atoms with Crippen molar-refractivity contribution < 1.29 is 66.0 Å². The van der Waals surface area contributed by atoms with Gasteiger partial charge in [-0.25, -0.2) is 33.4 Å². The van der Waals surface area contributed by atoms with Crippen LogP contribution in [0.25, 0.3) is 22.5 Å². The topological polar surface area (TPSA) is 380 Å². The van der Waals surface area contributed by atoms with Gasteiger partial charge in [0.2, 0.25) is 17.7 Å². The number of aliphatic hydroxyl groups excluding tert-OH is 1. The fraction of sp³-hybridized carbons (Fsp3) is 0.426. The molecule has 1 aliphatic heterocycles. The van der Waals surface area contributed by atoms with E-state index in [1.165, 1.54) is 31.2 Å². The highest BCUT2D eigenvalue weighted by atomic mass is 32.2. The molecule has 0 unspecified atom stereocenters. The molecule has 26 heteroatoms. The van der Waals surface area contributed by atoms with Crippen molar-refractivity contribution in [2.75, 3.05) is 45.6 Å². The van der Waals surface area contributed by atoms with Crippen molar-refractivity contribution >= 4 is 45.6 Å². The summed E-state index contributed by atoms with van der Waals surface area (Å²) < 4.78 is 67.6. The number of aliphatic hydroxyl groups is 1. The fourth-order valence-electron chi connectivity index (χ4n) is 7.65. The van der Waals surface area contributed by atoms with Crippen LogP contribution in [-0.4, -0.2) is 132 Å². The van der Waals surface area contributed by atoms with Gasteiger partial charge in [0, 0.05) is 43.2 Å². The minimum absolute atomic E-state index is 0.0723. The van der Waals surface area contributed by atoms with Gasteiger partial charge in [-0.05, 0) is 72.7 Å². The first-order valence-corrected chi connectivity index (χ1v) is 24.4. The smallest absolute Gasteiger partial charge is 0.326 e. The number of nitrogens with two attached hydrogens (primary N) is 4. The van der Waals surface area contributed by atoms with Gasteiger partial charge in [-0.1, -0.05) is 51.1 Å². The second-order valence-electron chi connectivity index (χ2n) is 18.2. The molecule has 4 aromatic rings. The van der Waals surface area contributed by atoms with Crippen LogP contribution in [0.2, 0.25) is 0 Å². The van der Waals surface area contributed by atoms with Crippen LogP contribution in [0.15, 0.2) is 54.6 Å². The molecule has 0 saturated carbocycles. The van der Waals surface area contributed by atoms with Crippen LogP contribution in [0.4, 0.5) is 14.6 Å². The number of benzene rings is 3. The van der Waals surface area contributed by atoms with Crippen LogP contribution in [0.5, 0.6) is 17.2 Å². The highest BCUT2D eigenvalue weighted by molar-refractivity contribution is 7.87. The zero-order valence-corrected chi connectivity index (χ0v) is 41.5. The lowest BCUT2D eigenvalue weighted by molar-refractivity contribution is -0.143. The Morgan fingerprint density at radius 1 is 0.973 bits per heavy atom. The molecule has 3 aromatic carbocycles. The average Bonchev–Trinajstić information content (AvgIpc) is 3.32. The molecule has 15 N–H and O–H groups in total. The lowest BCUT2D eigenvalue weighted by atomic mass is 9.86. The number of fused-ring (bicyclic) bond motifs is 5. The summed E-state index contributed by atoms with van der Waals surface area (Å²) in [6, 6.07) is 6.77. The van der Waals surface area contributed by atoms with Gasteiger partial charge in [-0.15, -0.1) is 0 Å². The summed E-state index contributed by atoms with van der Waals surface area (Å²) in [5, 5.41) is 44.8. The Balaban J connectivity index is 1.69. The molecule has 4 amide bonds. The molecule has 396 valence electrons. The zero-order valence-electron chi connectivity index (χ0n) is 40.6. The number of aromatic nitrogens is 2. The first kappa shape index (κ1) is 56.8. The van der Waals surface area contributed by atoms with Crippen molar-refractivity contribution in [1.29, 1.82) is 0 Å². The number of alkyl halides is 2. The summed E-state index contributed by atoms with van der Waals surface area (Å²) in [5.74, 6) is -7.86. The van der Waals surface area contributed by atoms with E-state index in [-0.39, 0.29) is 71.1 Å². The molecule has 0 fully saturated rings. The number of nitrogens with one attached hydrogen (secondary N) is 4. The number of carboxylic acid groups (broad SMARTS) is 1. The molecular formula is C47H61F2N11O12S. The van der Waals surface area contributed by atoms with Crippen LogP contribution >= 0.6 is 0 Å². The van der Waals surface area contributed by atoms with Crippen LogP contribution < -0.4 is 52.5 Å². The number of hydrogen-bond acceptors (Lipinski definition) is 16. The molecule has 23 nitrogen and oxygen atoms in total. The van der Waals surface area contributed by atoms with Crippen molar-refractivity contribution in [2.24, 2.45) is 16.6 Å². The number of nitrogen functional groups attached to an aromatic ring is 1. The van der Waals surface area contributed by atoms with E-state index in [1.807, 2.05) is 25.5 Å². The van der Waals surface area contributed by atoms with Gasteiger partial charge < -0.3 is 62.8 Å². The number of likely N-dealkylation sites (N-methyl/N-ethyl adjacent to an activating group) is 1. The number of nitrogens with zero attached hydrogens (tertiary/aromatic N) is 3. The number of aromatic hydroxyl groups is 1. The maximum atomic E-state index is 14.9. The molecule has 1 aliphatic rings. The van der Waals surface area contributed by atoms with Crippen molar-refractivity contribution in [3.63, 3.8) is 0 Å². The second-order valence-corrected chi connectivity index (χ2v) is 19.6. The van der Waals surface area contributed by atoms with Crippen molar-refractivity contribution in [1.82, 2.24) is 35.5 Å². The lowest BCUT2D eigenvalue weighted by Crippen LogP contribution is -2.55. The average molecular weight is 1040 g/mol. The van der Waals surface area contributed by atoms with Crippen molar-refractivity contribution in [2.45, 2.75) is 89.1 Å². The van der Waals surface area contributed by atoms with Gasteiger partial charge in [0.05, 0.1) is 6.61 Å². The van der Waals surface area contributed by atoms with E-state index in [0.29, 0.717) is 12.0 Å². The Morgan fingerprint density at radius 3 is 2.26 bits per heavy atom. The van der Waals surface area contributed by atoms with E-state index < -0.39 is 119 Å². The van der Waals surface area contributed by atoms with Crippen molar-refractivity contribution in [3.8, 4) is 39.8 Å². The highest BCUT2D eigenvalue weighted by Crippen LogP contribution is 2.45. The van der Waals surface area contributed by atoms with E-state index in [0.717, 1.165) is 23.6 Å². The third-order valence-corrected chi connectivity index (χ3v) is 12.2. The molecule has 73 heavy (non-hydrogen) atoms. The fourth-order valence-corrected chi connectivity index (χ4v) is 8.05. The van der Waals surface area contributed by atoms with E-state index in [2.05, 4.69) is 25.9 Å². The van der Waals surface area contributed by atoms with Gasteiger partial charge in [0.15, 0.2) is 17.3 Å². The third kappa shape index (κ3) is 14.5. The minimum Gasteiger partial charge on any atom is -0.504 e. The zero-order chi connectivity index (χ0) is 54.1. The number of hydrogen-bond donors (Lipinski definition) is 11. The minimum atomic E-state index is -4.43. The number of halogens is 2. The largest absolute Gasteiger partial charge is 0.504 e. The number of carboxylic acids is 1. The quantitative estimate of drug-likeness (QED) is 0.0581. The van der Waals surface area contributed by atoms with Crippen LogP contribution in [0.3, 0.4) is 0 Å². The molecule has 1 aromatic heterocycles. The first-order chi connectivity index (χ1) is 34.2. The van der Waals surface area contributed by atoms with Crippen LogP contribution in [0.1, 0.15) is 85.7 Å². The van der Waals surface area contributed by atoms with Gasteiger partial charge >= 0.3 is 5.97 Å². The van der Waals surface area contributed by atoms with E-state index >= 15 is 0 Å². The molecule has 0 radical (unpaired) electrons. The third-order valence-electron chi connectivity index (χ3n) is 11.6. The van der Waals surface area contributed by atoms with Crippen LogP contribution in [0, 0.1) is 0 Å². The van der Waals surface area contributed by atoms with Crippen LogP contribution in [-0.2, 0) is 41.2 Å². The molecule has 4 bridgehead atoms. The summed E-state index contributed by atoms with van der Waals surface area (Å²) in [6.45, 7) is 6.03. The monoisotopic (exact) mass is 1040 g/mol. The number of carbonyl (C=O) groups excluding carboxylic acids is 4. The number of carbonyl (C=O) groups is 5. The van der Waals surface area contributed by atoms with Gasteiger partial charge in [-0.3, -0.25) is 19.2 Å². The Labute approximate surface area is 419 Å². The molecular weight excluding hydrogens is 981 g/mol. The lowest BCUT2D eigenvalue weighted by Gasteiger charge is -2.33. The van der Waals surface area contributed by atoms with Gasteiger partial charge in [0.25, 0.3) is 22.5 Å². The number of amides is 4. The molecule has 0 saturated heterocycles. The Hall–Kier alpha value is -7.10. The van der Waals surface area contributed by atoms with Crippen molar-refractivity contribution in [3.05, 3.63) is 82.5 Å². The summed E-state index contributed by atoms with van der Waals surface area (Å²) in [6.07, 6.45) is -5.24. The molecule has 0 spiro atoms. The molecule has 0 aliphatic carbocycles. The summed E-state index contributed by atoms with van der Waals surface area (Å²) in [5.41, 5.74) is 16.6. The summed E-state index contributed by atoms with van der Waals surface area (Å²) >= 11 is 0. The summed E-state index contributed by atoms with van der Waals surface area (Å²) in [7, 11) is -3.34. The Kier molecular flexibility index (Phi) is 18.7. The Bertz CT molecular complexity index is 2800. The number of aliphatic carboxylic acids is 1. The summed E-state index contributed by atoms with van der Waals surface area (Å²) in [4.78, 5) is 78.8. The first-order valence-electron chi connectivity index (χ1n) is 22.8. The van der Waals surface area contributed by atoms with E-state index in [4.69, 9.17) is 31.8 Å². The molecule has 5 atom stereocenters. The number of phenolic OH excluding ortho intramolecular Hbond substituents is 1. The maximum Gasteiger partial charge on any atom is 0.326 e. The van der Waals surface area contributed by atoms with E-state index in [1.54, 1.807) is 24.3 Å².